The first-order valence-corrected chi connectivity index (χ1v) is 6.01. The number of anilines is 1. The minimum Gasteiger partial charge on any atom is -0.373 e. The molecule has 0 unspecified atom stereocenters. The number of amides is 1. The highest BCUT2D eigenvalue weighted by molar-refractivity contribution is 5.93. The van der Waals surface area contributed by atoms with Crippen LogP contribution in [0.25, 0.3) is 10.9 Å². The van der Waals surface area contributed by atoms with Crippen molar-refractivity contribution in [3.8, 4) is 0 Å². The summed E-state index contributed by atoms with van der Waals surface area (Å²) in [7, 11) is 3.42. The SMILES string of the molecule is C[C@H](Nc1ccnc2cc(F)ccc12)C(=O)N(C)C. The maximum absolute atomic E-state index is 13.1. The van der Waals surface area contributed by atoms with Gasteiger partial charge in [0.15, 0.2) is 0 Å². The Morgan fingerprint density at radius 2 is 2.11 bits per heavy atom. The van der Waals surface area contributed by atoms with Crippen molar-refractivity contribution in [1.82, 2.24) is 9.88 Å². The number of nitrogens with one attached hydrogen (secondary N) is 1. The Morgan fingerprint density at radius 3 is 2.79 bits per heavy atom. The summed E-state index contributed by atoms with van der Waals surface area (Å²) in [5, 5.41) is 3.93. The van der Waals surface area contributed by atoms with Gasteiger partial charge in [0.05, 0.1) is 5.52 Å². The maximum Gasteiger partial charge on any atom is 0.244 e. The summed E-state index contributed by atoms with van der Waals surface area (Å²) in [5.74, 6) is -0.346. The Morgan fingerprint density at radius 1 is 1.37 bits per heavy atom. The smallest absolute Gasteiger partial charge is 0.244 e. The molecule has 1 amide bonds. The predicted octanol–water partition coefficient (Wildman–Crippen LogP) is 2.26. The molecule has 1 N–H and O–H groups in total. The number of halogens is 1. The second kappa shape index (κ2) is 5.22. The van der Waals surface area contributed by atoms with E-state index in [-0.39, 0.29) is 17.8 Å². The first-order chi connectivity index (χ1) is 8.99. The van der Waals surface area contributed by atoms with Gasteiger partial charge in [-0.1, -0.05) is 0 Å². The lowest BCUT2D eigenvalue weighted by atomic mass is 10.1. The highest BCUT2D eigenvalue weighted by Crippen LogP contribution is 2.22. The molecule has 4 nitrogen and oxygen atoms in total. The molecule has 19 heavy (non-hydrogen) atoms. The Labute approximate surface area is 111 Å². The first-order valence-electron chi connectivity index (χ1n) is 6.01. The van der Waals surface area contributed by atoms with E-state index in [1.807, 2.05) is 0 Å². The van der Waals surface area contributed by atoms with Gasteiger partial charge in [0.2, 0.25) is 5.91 Å². The molecule has 2 aromatic rings. The van der Waals surface area contributed by atoms with E-state index in [0.717, 1.165) is 11.1 Å². The van der Waals surface area contributed by atoms with E-state index in [9.17, 15) is 9.18 Å². The molecule has 0 saturated heterocycles. The van der Waals surface area contributed by atoms with Gasteiger partial charge in [-0.2, -0.15) is 0 Å². The van der Waals surface area contributed by atoms with Gasteiger partial charge in [-0.05, 0) is 25.1 Å². The van der Waals surface area contributed by atoms with Crippen molar-refractivity contribution in [3.63, 3.8) is 0 Å². The van der Waals surface area contributed by atoms with Gasteiger partial charge in [-0.15, -0.1) is 0 Å². The molecule has 0 aliphatic rings. The van der Waals surface area contributed by atoms with Gasteiger partial charge in [0.25, 0.3) is 0 Å². The normalized spacial score (nSPS) is 12.2. The summed E-state index contributed by atoms with van der Waals surface area (Å²) in [6.07, 6.45) is 1.59. The highest BCUT2D eigenvalue weighted by Gasteiger charge is 2.15. The highest BCUT2D eigenvalue weighted by atomic mass is 19.1. The van der Waals surface area contributed by atoms with Crippen LogP contribution in [0, 0.1) is 5.82 Å². The van der Waals surface area contributed by atoms with Crippen LogP contribution in [-0.4, -0.2) is 35.9 Å². The van der Waals surface area contributed by atoms with Gasteiger partial charge in [0.1, 0.15) is 11.9 Å². The molecule has 100 valence electrons. The number of aromatic nitrogens is 1. The average molecular weight is 261 g/mol. The van der Waals surface area contributed by atoms with Crippen LogP contribution < -0.4 is 5.32 Å². The monoisotopic (exact) mass is 261 g/mol. The molecule has 5 heteroatoms. The Hall–Kier alpha value is -2.17. The number of likely N-dealkylation sites (N-methyl/N-ethyl adjacent to an activating group) is 1. The molecule has 1 heterocycles. The summed E-state index contributed by atoms with van der Waals surface area (Å²) in [5.41, 5.74) is 1.34. The standard InChI is InChI=1S/C14H16FN3O/c1-9(14(19)18(2)3)17-12-6-7-16-13-8-10(15)4-5-11(12)13/h4-9H,1-3H3,(H,16,17)/t9-/m0/s1. The second-order valence-electron chi connectivity index (χ2n) is 4.62. The summed E-state index contributed by atoms with van der Waals surface area (Å²) in [6, 6.07) is 5.84. The van der Waals surface area contributed by atoms with Crippen molar-refractivity contribution in [3.05, 3.63) is 36.3 Å². The third-order valence-corrected chi connectivity index (χ3v) is 2.89. The van der Waals surface area contributed by atoms with Crippen LogP contribution in [0.2, 0.25) is 0 Å². The number of carbonyl (C=O) groups excluding carboxylic acids is 1. The summed E-state index contributed by atoms with van der Waals surface area (Å²) in [6.45, 7) is 1.79. The molecule has 1 aromatic heterocycles. The van der Waals surface area contributed by atoms with Crippen molar-refractivity contribution < 1.29 is 9.18 Å². The molecule has 0 bridgehead atoms. The van der Waals surface area contributed by atoms with Gasteiger partial charge in [-0.25, -0.2) is 4.39 Å². The van der Waals surface area contributed by atoms with Crippen molar-refractivity contribution in [2.45, 2.75) is 13.0 Å². The third-order valence-electron chi connectivity index (χ3n) is 2.89. The topological polar surface area (TPSA) is 45.2 Å². The van der Waals surface area contributed by atoms with Gasteiger partial charge in [0, 0.05) is 37.4 Å². The Kier molecular flexibility index (Phi) is 3.64. The van der Waals surface area contributed by atoms with E-state index in [2.05, 4.69) is 10.3 Å². The molecular weight excluding hydrogens is 245 g/mol. The Bertz CT molecular complexity index is 613. The van der Waals surface area contributed by atoms with E-state index in [1.165, 1.54) is 17.0 Å². The number of fused-ring (bicyclic) bond motifs is 1. The van der Waals surface area contributed by atoms with E-state index < -0.39 is 0 Å². The lowest BCUT2D eigenvalue weighted by Gasteiger charge is -2.19. The quantitative estimate of drug-likeness (QED) is 0.921. The van der Waals surface area contributed by atoms with E-state index in [1.54, 1.807) is 39.3 Å². The number of hydrogen-bond donors (Lipinski definition) is 1. The minimum atomic E-state index is -0.356. The summed E-state index contributed by atoms with van der Waals surface area (Å²) >= 11 is 0. The fourth-order valence-electron chi connectivity index (χ4n) is 1.93. The van der Waals surface area contributed by atoms with Crippen LogP contribution >= 0.6 is 0 Å². The lowest BCUT2D eigenvalue weighted by Crippen LogP contribution is -2.36. The molecular formula is C14H16FN3O. The fourth-order valence-corrected chi connectivity index (χ4v) is 1.93. The van der Waals surface area contributed by atoms with Gasteiger partial charge >= 0.3 is 0 Å². The van der Waals surface area contributed by atoms with Crippen molar-refractivity contribution in [1.29, 1.82) is 0 Å². The summed E-state index contributed by atoms with van der Waals surface area (Å²) < 4.78 is 13.1. The molecule has 0 fully saturated rings. The minimum absolute atomic E-state index is 0.0212. The molecule has 0 spiro atoms. The van der Waals surface area contributed by atoms with Crippen LogP contribution in [0.5, 0.6) is 0 Å². The molecule has 0 aliphatic carbocycles. The van der Waals surface area contributed by atoms with Gasteiger partial charge < -0.3 is 10.2 Å². The van der Waals surface area contributed by atoms with E-state index in [4.69, 9.17) is 0 Å². The summed E-state index contributed by atoms with van der Waals surface area (Å²) in [4.78, 5) is 17.5. The van der Waals surface area contributed by atoms with Crippen molar-refractivity contribution >= 4 is 22.5 Å². The van der Waals surface area contributed by atoms with Crippen LogP contribution in [-0.2, 0) is 4.79 Å². The first kappa shape index (κ1) is 13.3. The zero-order chi connectivity index (χ0) is 14.0. The number of nitrogens with zero attached hydrogens (tertiary/aromatic N) is 2. The number of benzene rings is 1. The molecule has 0 saturated carbocycles. The van der Waals surface area contributed by atoms with Crippen LogP contribution in [0.4, 0.5) is 10.1 Å². The lowest BCUT2D eigenvalue weighted by molar-refractivity contribution is -0.129. The third kappa shape index (κ3) is 2.81. The molecule has 0 radical (unpaired) electrons. The number of pyridine rings is 1. The molecule has 0 aliphatic heterocycles. The van der Waals surface area contributed by atoms with Crippen molar-refractivity contribution in [2.24, 2.45) is 0 Å². The molecule has 2 rings (SSSR count). The fraction of sp³-hybridized carbons (Fsp3) is 0.286. The largest absolute Gasteiger partial charge is 0.373 e. The number of carbonyl (C=O) groups is 1. The van der Waals surface area contributed by atoms with Gasteiger partial charge in [-0.3, -0.25) is 9.78 Å². The van der Waals surface area contributed by atoms with Crippen LogP contribution in [0.3, 0.4) is 0 Å². The molecule has 1 aromatic carbocycles. The average Bonchev–Trinajstić information content (AvgIpc) is 2.37. The number of hydrogen-bond acceptors (Lipinski definition) is 3. The predicted molar refractivity (Wildman–Crippen MR) is 73.5 cm³/mol. The zero-order valence-electron chi connectivity index (χ0n) is 11.1. The van der Waals surface area contributed by atoms with Crippen LogP contribution in [0.15, 0.2) is 30.5 Å². The van der Waals surface area contributed by atoms with Crippen molar-refractivity contribution in [2.75, 3.05) is 19.4 Å². The van der Waals surface area contributed by atoms with Crippen LogP contribution in [0.1, 0.15) is 6.92 Å². The maximum atomic E-state index is 13.1. The van der Waals surface area contributed by atoms with E-state index in [0.29, 0.717) is 5.52 Å². The number of rotatable bonds is 3. The Balaban J connectivity index is 2.33. The zero-order valence-corrected chi connectivity index (χ0v) is 11.1. The van der Waals surface area contributed by atoms with E-state index >= 15 is 0 Å². The second-order valence-corrected chi connectivity index (χ2v) is 4.62. The molecule has 1 atom stereocenters.